The number of benzene rings is 1. The number of aromatic amines is 2. The van der Waals surface area contributed by atoms with Gasteiger partial charge in [-0.1, -0.05) is 18.2 Å². The highest BCUT2D eigenvalue weighted by molar-refractivity contribution is 6.15. The summed E-state index contributed by atoms with van der Waals surface area (Å²) < 4.78 is 2.22. The van der Waals surface area contributed by atoms with Crippen LogP contribution in [0, 0.1) is 0 Å². The number of pyridine rings is 1. The SMILES string of the molecule is O=C(c1cc(N2CCC(c3ccnc4[nH]c(=O)[nH]c34)CC2)ncn1)c1cn(CCCN2CCCC2)c2ccccc12. The van der Waals surface area contributed by atoms with E-state index in [9.17, 15) is 9.59 Å². The van der Waals surface area contributed by atoms with Crippen LogP contribution in [0.2, 0.25) is 0 Å². The zero-order valence-corrected chi connectivity index (χ0v) is 23.1. The molecule has 4 aromatic heterocycles. The molecule has 0 aliphatic carbocycles. The summed E-state index contributed by atoms with van der Waals surface area (Å²) in [6, 6.07) is 12.0. The molecule has 0 radical (unpaired) electrons. The molecule has 1 aromatic carbocycles. The molecule has 0 saturated carbocycles. The molecule has 0 atom stereocenters. The number of para-hydroxylation sites is 1. The van der Waals surface area contributed by atoms with Crippen LogP contribution in [-0.2, 0) is 6.54 Å². The molecule has 6 heterocycles. The van der Waals surface area contributed by atoms with Gasteiger partial charge in [0.05, 0.1) is 5.52 Å². The number of likely N-dealkylation sites (tertiary alicyclic amines) is 1. The van der Waals surface area contributed by atoms with Crippen LogP contribution in [0.15, 0.2) is 59.9 Å². The number of ketones is 1. The average molecular weight is 551 g/mol. The summed E-state index contributed by atoms with van der Waals surface area (Å²) in [5.74, 6) is 1.00. The third-order valence-electron chi connectivity index (χ3n) is 8.70. The molecular weight excluding hydrogens is 516 g/mol. The fourth-order valence-corrected chi connectivity index (χ4v) is 6.58. The molecule has 210 valence electrons. The second-order valence-electron chi connectivity index (χ2n) is 11.2. The fourth-order valence-electron chi connectivity index (χ4n) is 6.58. The first-order valence-electron chi connectivity index (χ1n) is 14.6. The fraction of sp³-hybridized carbons (Fsp3) is 0.387. The van der Waals surface area contributed by atoms with Gasteiger partial charge in [0.25, 0.3) is 0 Å². The largest absolute Gasteiger partial charge is 0.356 e. The Bertz CT molecular complexity index is 1750. The zero-order valence-electron chi connectivity index (χ0n) is 23.1. The number of nitrogens with one attached hydrogen (secondary N) is 2. The van der Waals surface area contributed by atoms with E-state index < -0.39 is 0 Å². The molecule has 7 rings (SSSR count). The molecule has 10 heteroatoms. The smallest absolute Gasteiger partial charge is 0.325 e. The van der Waals surface area contributed by atoms with Gasteiger partial charge in [-0.2, -0.15) is 0 Å². The van der Waals surface area contributed by atoms with Crippen LogP contribution < -0.4 is 10.6 Å². The minimum Gasteiger partial charge on any atom is -0.356 e. The predicted octanol–water partition coefficient (Wildman–Crippen LogP) is 4.10. The summed E-state index contributed by atoms with van der Waals surface area (Å²) in [4.78, 5) is 49.2. The third kappa shape index (κ3) is 5.04. The Morgan fingerprint density at radius 2 is 1.78 bits per heavy atom. The Balaban J connectivity index is 1.07. The van der Waals surface area contributed by atoms with Crippen LogP contribution in [0.25, 0.3) is 22.1 Å². The first-order chi connectivity index (χ1) is 20.1. The van der Waals surface area contributed by atoms with Crippen molar-refractivity contribution in [2.45, 2.75) is 44.6 Å². The minimum absolute atomic E-state index is 0.0754. The first-order valence-corrected chi connectivity index (χ1v) is 14.6. The standard InChI is InChI=1S/C31H34N8O2/c40-29(24-19-39(26-7-2-1-6-23(24)26)15-5-14-37-12-3-4-13-37)25-18-27(34-20-33-25)38-16-9-21(10-17-38)22-8-11-32-30-28(22)35-31(41)36-30/h1-2,6-8,11,18-21H,3-5,9-10,12-17H2,(H2,32,35,36,41). The second kappa shape index (κ2) is 10.9. The Hall–Kier alpha value is -4.31. The molecule has 2 aliphatic rings. The number of piperidine rings is 1. The summed E-state index contributed by atoms with van der Waals surface area (Å²) in [5, 5.41) is 0.964. The van der Waals surface area contributed by atoms with Gasteiger partial charge in [0.15, 0.2) is 5.65 Å². The van der Waals surface area contributed by atoms with Crippen molar-refractivity contribution in [3.63, 3.8) is 0 Å². The van der Waals surface area contributed by atoms with Crippen molar-refractivity contribution < 1.29 is 4.79 Å². The molecule has 2 saturated heterocycles. The molecule has 0 bridgehead atoms. The van der Waals surface area contributed by atoms with Gasteiger partial charge in [-0.15, -0.1) is 0 Å². The highest BCUT2D eigenvalue weighted by Gasteiger charge is 2.25. The van der Waals surface area contributed by atoms with Gasteiger partial charge in [0.2, 0.25) is 5.78 Å². The van der Waals surface area contributed by atoms with E-state index in [1.54, 1.807) is 6.20 Å². The lowest BCUT2D eigenvalue weighted by molar-refractivity contribution is 0.103. The van der Waals surface area contributed by atoms with E-state index in [0.717, 1.165) is 73.2 Å². The molecule has 10 nitrogen and oxygen atoms in total. The van der Waals surface area contributed by atoms with Crippen LogP contribution in [0.3, 0.4) is 0 Å². The Labute approximate surface area is 237 Å². The summed E-state index contributed by atoms with van der Waals surface area (Å²) in [6.45, 7) is 5.97. The molecule has 2 aliphatic heterocycles. The quantitative estimate of drug-likeness (QED) is 0.280. The number of imidazole rings is 1. The molecule has 0 amide bonds. The number of aromatic nitrogens is 6. The summed E-state index contributed by atoms with van der Waals surface area (Å²) >= 11 is 0. The number of hydrogen-bond acceptors (Lipinski definition) is 7. The number of carbonyl (C=O) groups excluding carboxylic acids is 1. The number of hydrogen-bond donors (Lipinski definition) is 2. The summed E-state index contributed by atoms with van der Waals surface area (Å²) in [6.07, 6.45) is 10.7. The summed E-state index contributed by atoms with van der Waals surface area (Å²) in [5.41, 5.74) is 4.46. The molecule has 0 spiro atoms. The number of fused-ring (bicyclic) bond motifs is 2. The van der Waals surface area contributed by atoms with Crippen LogP contribution in [-0.4, -0.2) is 72.9 Å². The highest BCUT2D eigenvalue weighted by Crippen LogP contribution is 2.32. The third-order valence-corrected chi connectivity index (χ3v) is 8.70. The van der Waals surface area contributed by atoms with E-state index in [2.05, 4.69) is 45.4 Å². The van der Waals surface area contributed by atoms with Gasteiger partial charge in [0.1, 0.15) is 17.8 Å². The number of aryl methyl sites for hydroxylation is 1. The van der Waals surface area contributed by atoms with Crippen molar-refractivity contribution in [3.8, 4) is 0 Å². The van der Waals surface area contributed by atoms with Crippen molar-refractivity contribution in [1.82, 2.24) is 34.4 Å². The molecule has 0 unspecified atom stereocenters. The van der Waals surface area contributed by atoms with E-state index in [4.69, 9.17) is 0 Å². The monoisotopic (exact) mass is 550 g/mol. The maximum absolute atomic E-state index is 13.8. The van der Waals surface area contributed by atoms with Crippen molar-refractivity contribution in [2.24, 2.45) is 0 Å². The molecular formula is C31H34N8O2. The number of rotatable bonds is 8. The number of H-pyrrole nitrogens is 2. The van der Waals surface area contributed by atoms with E-state index in [1.807, 2.05) is 36.5 Å². The van der Waals surface area contributed by atoms with E-state index in [-0.39, 0.29) is 11.5 Å². The van der Waals surface area contributed by atoms with Crippen LogP contribution >= 0.6 is 0 Å². The molecule has 2 N–H and O–H groups in total. The minimum atomic E-state index is -0.235. The normalized spacial score (nSPS) is 16.7. The molecule has 2 fully saturated rings. The molecule has 41 heavy (non-hydrogen) atoms. The van der Waals surface area contributed by atoms with Gasteiger partial charge in [0, 0.05) is 54.6 Å². The van der Waals surface area contributed by atoms with Crippen LogP contribution in [0.4, 0.5) is 5.82 Å². The number of nitrogens with zero attached hydrogens (tertiary/aromatic N) is 6. The maximum Gasteiger partial charge on any atom is 0.325 e. The lowest BCUT2D eigenvalue weighted by Gasteiger charge is -2.33. The van der Waals surface area contributed by atoms with Crippen LogP contribution in [0.5, 0.6) is 0 Å². The highest BCUT2D eigenvalue weighted by atomic mass is 16.1. The van der Waals surface area contributed by atoms with Crippen molar-refractivity contribution in [1.29, 1.82) is 0 Å². The molecule has 5 aromatic rings. The van der Waals surface area contributed by atoms with Crippen molar-refractivity contribution >= 4 is 33.7 Å². The Kier molecular flexibility index (Phi) is 6.84. The van der Waals surface area contributed by atoms with E-state index in [0.29, 0.717) is 22.8 Å². The van der Waals surface area contributed by atoms with E-state index >= 15 is 0 Å². The number of anilines is 1. The second-order valence-corrected chi connectivity index (χ2v) is 11.2. The van der Waals surface area contributed by atoms with Crippen LogP contribution in [0.1, 0.15) is 59.6 Å². The van der Waals surface area contributed by atoms with E-state index in [1.165, 1.54) is 32.3 Å². The van der Waals surface area contributed by atoms with Gasteiger partial charge in [-0.05, 0) is 75.4 Å². The van der Waals surface area contributed by atoms with Crippen molar-refractivity contribution in [2.75, 3.05) is 37.6 Å². The average Bonchev–Trinajstić information content (AvgIpc) is 3.76. The number of carbonyl (C=O) groups is 1. The Morgan fingerprint density at radius 1 is 0.951 bits per heavy atom. The van der Waals surface area contributed by atoms with Gasteiger partial charge >= 0.3 is 5.69 Å². The van der Waals surface area contributed by atoms with Gasteiger partial charge < -0.3 is 19.4 Å². The summed E-state index contributed by atoms with van der Waals surface area (Å²) in [7, 11) is 0. The lowest BCUT2D eigenvalue weighted by Crippen LogP contribution is -2.33. The predicted molar refractivity (Wildman–Crippen MR) is 159 cm³/mol. The zero-order chi connectivity index (χ0) is 27.8. The first kappa shape index (κ1) is 25.6. The van der Waals surface area contributed by atoms with Crippen molar-refractivity contribution in [3.05, 3.63) is 82.4 Å². The Morgan fingerprint density at radius 3 is 2.63 bits per heavy atom. The maximum atomic E-state index is 13.8. The lowest BCUT2D eigenvalue weighted by atomic mass is 9.89. The topological polar surface area (TPSA) is 116 Å². The van der Waals surface area contributed by atoms with Gasteiger partial charge in [-0.3, -0.25) is 9.78 Å². The van der Waals surface area contributed by atoms with Gasteiger partial charge in [-0.25, -0.2) is 19.7 Å².